The molecule has 2 rings (SSSR count). The predicted molar refractivity (Wildman–Crippen MR) is 60.5 cm³/mol. The van der Waals surface area contributed by atoms with Crippen LogP contribution in [-0.4, -0.2) is 4.98 Å². The molecule has 0 aliphatic heterocycles. The van der Waals surface area contributed by atoms with E-state index >= 15 is 0 Å². The first-order valence-electron chi connectivity index (χ1n) is 5.01. The van der Waals surface area contributed by atoms with Crippen LogP contribution in [0.4, 0.5) is 27.1 Å². The molecule has 1 aromatic carbocycles. The van der Waals surface area contributed by atoms with Crippen molar-refractivity contribution in [3.63, 3.8) is 0 Å². The van der Waals surface area contributed by atoms with Gasteiger partial charge in [0.05, 0.1) is 4.88 Å². The van der Waals surface area contributed by atoms with Crippen molar-refractivity contribution in [1.82, 2.24) is 4.98 Å². The Morgan fingerprint density at radius 1 is 1.05 bits per heavy atom. The molecular weight excluding hydrogens is 305 g/mol. The molecule has 20 heavy (non-hydrogen) atoms. The zero-order chi connectivity index (χ0) is 14.9. The second-order valence-corrected chi connectivity index (χ2v) is 4.58. The molecule has 0 spiro atoms. The highest BCUT2D eigenvalue weighted by Crippen LogP contribution is 2.30. The molecule has 3 N–H and O–H groups in total. The summed E-state index contributed by atoms with van der Waals surface area (Å²) in [5.41, 5.74) is 2.23. The average Bonchev–Trinajstić information content (AvgIpc) is 2.91. The van der Waals surface area contributed by atoms with E-state index in [1.807, 2.05) is 0 Å². The zero-order valence-corrected chi connectivity index (χ0v) is 10.3. The number of nitrogens with one attached hydrogen (secondary N) is 1. The molecule has 0 aliphatic rings. The number of anilines is 1. The van der Waals surface area contributed by atoms with Crippen molar-refractivity contribution in [1.29, 1.82) is 0 Å². The SMILES string of the molecule is NNc1ncc(COc2c(F)c(F)c(F)c(F)c2F)s1. The highest BCUT2D eigenvalue weighted by atomic mass is 32.1. The summed E-state index contributed by atoms with van der Waals surface area (Å²) in [5, 5.41) is 0.306. The van der Waals surface area contributed by atoms with Gasteiger partial charge in [0.15, 0.2) is 10.9 Å². The minimum absolute atomic E-state index is 0.306. The van der Waals surface area contributed by atoms with Crippen molar-refractivity contribution in [2.24, 2.45) is 5.84 Å². The van der Waals surface area contributed by atoms with E-state index in [1.54, 1.807) is 0 Å². The van der Waals surface area contributed by atoms with Gasteiger partial charge in [-0.3, -0.25) is 5.43 Å². The van der Waals surface area contributed by atoms with E-state index in [0.29, 0.717) is 10.0 Å². The van der Waals surface area contributed by atoms with Crippen molar-refractivity contribution in [2.75, 3.05) is 5.43 Å². The fourth-order valence-electron chi connectivity index (χ4n) is 1.30. The fourth-order valence-corrected chi connectivity index (χ4v) is 1.93. The summed E-state index contributed by atoms with van der Waals surface area (Å²) in [7, 11) is 0. The van der Waals surface area contributed by atoms with Gasteiger partial charge in [0.1, 0.15) is 6.61 Å². The minimum Gasteiger partial charge on any atom is -0.482 e. The molecule has 0 bridgehead atoms. The van der Waals surface area contributed by atoms with Crippen molar-refractivity contribution in [2.45, 2.75) is 6.61 Å². The number of halogens is 5. The van der Waals surface area contributed by atoms with E-state index in [9.17, 15) is 22.0 Å². The van der Waals surface area contributed by atoms with Crippen LogP contribution in [0.25, 0.3) is 0 Å². The molecular formula is C10H6F5N3OS. The lowest BCUT2D eigenvalue weighted by molar-refractivity contribution is 0.255. The molecule has 2 aromatic rings. The zero-order valence-electron chi connectivity index (χ0n) is 9.52. The first kappa shape index (κ1) is 14.5. The Kier molecular flexibility index (Phi) is 4.04. The average molecular weight is 311 g/mol. The second kappa shape index (κ2) is 5.59. The molecule has 4 nitrogen and oxygen atoms in total. The van der Waals surface area contributed by atoms with Crippen LogP contribution in [0.15, 0.2) is 6.20 Å². The third-order valence-electron chi connectivity index (χ3n) is 2.21. The summed E-state index contributed by atoms with van der Waals surface area (Å²) in [5.74, 6) is -6.68. The van der Waals surface area contributed by atoms with Crippen molar-refractivity contribution >= 4 is 16.5 Å². The first-order chi connectivity index (χ1) is 9.45. The van der Waals surface area contributed by atoms with Gasteiger partial charge < -0.3 is 4.74 Å². The molecule has 1 aromatic heterocycles. The Hall–Kier alpha value is -1.94. The molecule has 0 atom stereocenters. The summed E-state index contributed by atoms with van der Waals surface area (Å²) in [4.78, 5) is 4.12. The summed E-state index contributed by atoms with van der Waals surface area (Å²) in [6, 6.07) is 0. The molecule has 0 saturated heterocycles. The van der Waals surface area contributed by atoms with Crippen molar-refractivity contribution in [3.05, 3.63) is 40.2 Å². The van der Waals surface area contributed by atoms with Gasteiger partial charge in [-0.15, -0.1) is 0 Å². The quantitative estimate of drug-likeness (QED) is 0.300. The number of nitrogen functional groups attached to an aromatic ring is 1. The maximum Gasteiger partial charge on any atom is 0.207 e. The first-order valence-corrected chi connectivity index (χ1v) is 5.83. The Morgan fingerprint density at radius 3 is 2.10 bits per heavy atom. The van der Waals surface area contributed by atoms with Gasteiger partial charge in [-0.2, -0.15) is 8.78 Å². The number of hydrogen-bond acceptors (Lipinski definition) is 5. The van der Waals surface area contributed by atoms with Gasteiger partial charge in [-0.1, -0.05) is 11.3 Å². The minimum atomic E-state index is -2.24. The normalized spacial score (nSPS) is 10.7. The second-order valence-electron chi connectivity index (χ2n) is 3.46. The largest absolute Gasteiger partial charge is 0.482 e. The Morgan fingerprint density at radius 2 is 1.60 bits per heavy atom. The topological polar surface area (TPSA) is 60.2 Å². The van der Waals surface area contributed by atoms with E-state index in [0.717, 1.165) is 11.3 Å². The monoisotopic (exact) mass is 311 g/mol. The number of hydrogen-bond donors (Lipinski definition) is 2. The Labute approximate surface area is 113 Å². The molecule has 10 heteroatoms. The van der Waals surface area contributed by atoms with Crippen LogP contribution in [0.2, 0.25) is 0 Å². The Bertz CT molecular complexity index is 619. The lowest BCUT2D eigenvalue weighted by atomic mass is 10.2. The van der Waals surface area contributed by atoms with Crippen molar-refractivity contribution < 1.29 is 26.7 Å². The number of nitrogens with two attached hydrogens (primary N) is 1. The highest BCUT2D eigenvalue weighted by Gasteiger charge is 2.27. The Balaban J connectivity index is 2.25. The number of hydrazine groups is 1. The summed E-state index contributed by atoms with van der Waals surface area (Å²) in [6.45, 7) is -0.419. The molecule has 0 amide bonds. The van der Waals surface area contributed by atoms with Crippen LogP contribution in [0.5, 0.6) is 5.75 Å². The lowest BCUT2D eigenvalue weighted by Gasteiger charge is -2.09. The van der Waals surface area contributed by atoms with E-state index < -0.39 is 41.4 Å². The summed E-state index contributed by atoms with van der Waals surface area (Å²) >= 11 is 0.997. The molecule has 0 fully saturated rings. The van der Waals surface area contributed by atoms with Crippen LogP contribution in [0.1, 0.15) is 4.88 Å². The van der Waals surface area contributed by atoms with Crippen LogP contribution in [-0.2, 0) is 6.61 Å². The lowest BCUT2D eigenvalue weighted by Crippen LogP contribution is -2.06. The molecule has 108 valence electrons. The van der Waals surface area contributed by atoms with Crippen LogP contribution < -0.4 is 16.0 Å². The van der Waals surface area contributed by atoms with Gasteiger partial charge in [-0.05, 0) is 0 Å². The smallest absolute Gasteiger partial charge is 0.207 e. The highest BCUT2D eigenvalue weighted by molar-refractivity contribution is 7.15. The fraction of sp³-hybridized carbons (Fsp3) is 0.100. The third kappa shape index (κ3) is 2.51. The number of thiazole rings is 1. The number of benzene rings is 1. The number of ether oxygens (including phenoxy) is 1. The maximum atomic E-state index is 13.3. The van der Waals surface area contributed by atoms with Crippen molar-refractivity contribution in [3.8, 4) is 5.75 Å². The van der Waals surface area contributed by atoms with Gasteiger partial charge in [0.2, 0.25) is 29.1 Å². The summed E-state index contributed by atoms with van der Waals surface area (Å²) < 4.78 is 69.8. The van der Waals surface area contributed by atoms with E-state index in [4.69, 9.17) is 5.84 Å². The summed E-state index contributed by atoms with van der Waals surface area (Å²) in [6.07, 6.45) is 1.28. The van der Waals surface area contributed by atoms with E-state index in [-0.39, 0.29) is 0 Å². The van der Waals surface area contributed by atoms with Gasteiger partial charge in [-0.25, -0.2) is 24.0 Å². The van der Waals surface area contributed by atoms with Gasteiger partial charge >= 0.3 is 0 Å². The van der Waals surface area contributed by atoms with Crippen LogP contribution >= 0.6 is 11.3 Å². The van der Waals surface area contributed by atoms with E-state index in [1.165, 1.54) is 6.20 Å². The molecule has 0 aliphatic carbocycles. The van der Waals surface area contributed by atoms with Gasteiger partial charge in [0, 0.05) is 6.20 Å². The van der Waals surface area contributed by atoms with Crippen LogP contribution in [0, 0.1) is 29.1 Å². The number of rotatable bonds is 4. The predicted octanol–water partition coefficient (Wildman–Crippen LogP) is 2.70. The molecule has 1 heterocycles. The van der Waals surface area contributed by atoms with Crippen LogP contribution in [0.3, 0.4) is 0 Å². The maximum absolute atomic E-state index is 13.3. The number of aromatic nitrogens is 1. The standard InChI is InChI=1S/C10H6F5N3OS/c11-4-5(12)7(14)9(8(15)6(4)13)19-2-3-1-17-10(18-16)20-3/h1H,2,16H2,(H,17,18). The third-order valence-corrected chi connectivity index (χ3v) is 3.11. The molecule has 0 radical (unpaired) electrons. The van der Waals surface area contributed by atoms with E-state index in [2.05, 4.69) is 15.1 Å². The molecule has 0 unspecified atom stereocenters. The number of nitrogens with zero attached hydrogens (tertiary/aromatic N) is 1. The van der Waals surface area contributed by atoms with Gasteiger partial charge in [0.25, 0.3) is 0 Å². The molecule has 0 saturated carbocycles.